The highest BCUT2D eigenvalue weighted by Crippen LogP contribution is 2.24. The fourth-order valence-electron chi connectivity index (χ4n) is 3.44. The summed E-state index contributed by atoms with van der Waals surface area (Å²) in [5, 5.41) is 9.83. The molecule has 2 aromatic rings. The minimum absolute atomic E-state index is 0.00449. The fourth-order valence-corrected chi connectivity index (χ4v) is 6.33. The summed E-state index contributed by atoms with van der Waals surface area (Å²) in [5.74, 6) is 0. The average Bonchev–Trinajstić information content (AvgIpc) is 2.75. The zero-order valence-electron chi connectivity index (χ0n) is 16.6. The second-order valence-electron chi connectivity index (χ2n) is 7.21. The number of nitrogens with one attached hydrogen (secondary N) is 2. The highest BCUT2D eigenvalue weighted by molar-refractivity contribution is 7.89. The summed E-state index contributed by atoms with van der Waals surface area (Å²) in [6.45, 7) is -0.236. The maximum atomic E-state index is 12.6. The van der Waals surface area contributed by atoms with Gasteiger partial charge in [-0.05, 0) is 43.5 Å². The van der Waals surface area contributed by atoms with Gasteiger partial charge in [0.1, 0.15) is 4.90 Å². The Balaban J connectivity index is 1.55. The molecule has 1 aliphatic rings. The lowest BCUT2D eigenvalue weighted by atomic mass is 9.98. The monoisotopic (exact) mass is 488 g/mol. The number of ether oxygens (including phenoxy) is 1. The Labute approximate surface area is 187 Å². The van der Waals surface area contributed by atoms with Crippen molar-refractivity contribution >= 4 is 31.6 Å². The van der Waals surface area contributed by atoms with Crippen molar-refractivity contribution in [2.24, 2.45) is 0 Å². The van der Waals surface area contributed by atoms with E-state index in [9.17, 15) is 21.9 Å². The van der Waals surface area contributed by atoms with E-state index >= 15 is 0 Å². The maximum absolute atomic E-state index is 12.6. The third kappa shape index (κ3) is 6.26. The van der Waals surface area contributed by atoms with Crippen LogP contribution in [0.25, 0.3) is 0 Å². The fraction of sp³-hybridized carbons (Fsp3) is 0.400. The zero-order chi connectivity index (χ0) is 22.5. The van der Waals surface area contributed by atoms with Crippen LogP contribution >= 0.6 is 11.6 Å². The molecule has 170 valence electrons. The van der Waals surface area contributed by atoms with Gasteiger partial charge in [0.15, 0.2) is 0 Å². The first-order chi connectivity index (χ1) is 14.7. The van der Waals surface area contributed by atoms with E-state index in [0.29, 0.717) is 19.3 Å². The van der Waals surface area contributed by atoms with E-state index in [4.69, 9.17) is 16.3 Å². The van der Waals surface area contributed by atoms with E-state index in [1.807, 2.05) is 0 Å². The normalized spacial score (nSPS) is 22.3. The van der Waals surface area contributed by atoms with Gasteiger partial charge in [0, 0.05) is 6.54 Å². The van der Waals surface area contributed by atoms with Gasteiger partial charge in [-0.3, -0.25) is 0 Å². The summed E-state index contributed by atoms with van der Waals surface area (Å²) in [5.41, 5.74) is 0. The van der Waals surface area contributed by atoms with Crippen LogP contribution in [0.15, 0.2) is 64.4 Å². The molecule has 0 spiro atoms. The maximum Gasteiger partial charge on any atom is 0.242 e. The van der Waals surface area contributed by atoms with E-state index in [0.717, 1.165) is 0 Å². The van der Waals surface area contributed by atoms with Crippen LogP contribution in [-0.2, 0) is 24.8 Å². The van der Waals surface area contributed by atoms with Gasteiger partial charge in [-0.2, -0.15) is 0 Å². The number of rotatable bonds is 9. The number of hydrogen-bond donors (Lipinski definition) is 3. The highest BCUT2D eigenvalue weighted by atomic mass is 35.5. The van der Waals surface area contributed by atoms with Gasteiger partial charge < -0.3 is 9.84 Å². The molecule has 3 N–H and O–H groups in total. The molecule has 31 heavy (non-hydrogen) atoms. The summed E-state index contributed by atoms with van der Waals surface area (Å²) in [6.07, 6.45) is 0.310. The number of sulfonamides is 2. The topological polar surface area (TPSA) is 122 Å². The molecule has 0 unspecified atom stereocenters. The summed E-state index contributed by atoms with van der Waals surface area (Å²) < 4.78 is 60.9. The SMILES string of the molecule is O=S(=O)(N[C@H]1CC[C@H](CCNS(=O)(=O)c2ccccc2Cl)O[C@@H]1CO)c1ccccc1. The van der Waals surface area contributed by atoms with Crippen LogP contribution in [-0.4, -0.2) is 53.3 Å². The summed E-state index contributed by atoms with van der Waals surface area (Å²) in [6, 6.07) is 13.6. The molecule has 0 bridgehead atoms. The first-order valence-corrected chi connectivity index (χ1v) is 13.2. The van der Waals surface area contributed by atoms with Crippen molar-refractivity contribution in [1.82, 2.24) is 9.44 Å². The second-order valence-corrected chi connectivity index (χ2v) is 11.1. The minimum atomic E-state index is -3.75. The summed E-state index contributed by atoms with van der Waals surface area (Å²) in [4.78, 5) is 0.146. The largest absolute Gasteiger partial charge is 0.394 e. The van der Waals surface area contributed by atoms with Crippen molar-refractivity contribution < 1.29 is 26.7 Å². The molecule has 0 aliphatic carbocycles. The Hall–Kier alpha value is -1.53. The Morgan fingerprint density at radius 1 is 0.968 bits per heavy atom. The van der Waals surface area contributed by atoms with E-state index in [2.05, 4.69) is 9.44 Å². The molecule has 2 aromatic carbocycles. The standard InChI is InChI=1S/C20H25ClN2O6S2/c21-17-8-4-5-9-20(17)31(27,28)22-13-12-15-10-11-18(19(14-24)29-15)23-30(25,26)16-6-2-1-3-7-16/h1-9,15,18-19,22-24H,10-14H2/t15-,18+,19-/m1/s1. The number of aliphatic hydroxyl groups is 1. The van der Waals surface area contributed by atoms with Crippen LogP contribution in [0, 0.1) is 0 Å². The van der Waals surface area contributed by atoms with Crippen LogP contribution in [0.3, 0.4) is 0 Å². The van der Waals surface area contributed by atoms with E-state index in [1.54, 1.807) is 30.3 Å². The molecule has 0 radical (unpaired) electrons. The van der Waals surface area contributed by atoms with Crippen molar-refractivity contribution in [2.45, 2.75) is 47.3 Å². The molecule has 1 saturated heterocycles. The molecule has 1 aliphatic heterocycles. The van der Waals surface area contributed by atoms with E-state index in [1.165, 1.54) is 24.3 Å². The van der Waals surface area contributed by atoms with Gasteiger partial charge in [-0.15, -0.1) is 0 Å². The Morgan fingerprint density at radius 3 is 2.32 bits per heavy atom. The number of benzene rings is 2. The average molecular weight is 489 g/mol. The van der Waals surface area contributed by atoms with Crippen LogP contribution in [0.4, 0.5) is 0 Å². The molecule has 3 rings (SSSR count). The molecule has 3 atom stereocenters. The van der Waals surface area contributed by atoms with Crippen molar-refractivity contribution in [2.75, 3.05) is 13.2 Å². The quantitative estimate of drug-likeness (QED) is 0.495. The van der Waals surface area contributed by atoms with Gasteiger partial charge in [-0.25, -0.2) is 26.3 Å². The Bertz CT molecular complexity index is 1080. The highest BCUT2D eigenvalue weighted by Gasteiger charge is 2.34. The molecule has 0 amide bonds. The minimum Gasteiger partial charge on any atom is -0.394 e. The Kier molecular flexibility index (Phi) is 8.08. The predicted octanol–water partition coefficient (Wildman–Crippen LogP) is 1.90. The third-order valence-corrected chi connectivity index (χ3v) is 8.51. The number of halogens is 1. The molecule has 11 heteroatoms. The first kappa shape index (κ1) is 24.1. The molecule has 1 heterocycles. The summed E-state index contributed by atoms with van der Waals surface area (Å²) >= 11 is 5.96. The van der Waals surface area contributed by atoms with Crippen molar-refractivity contribution in [1.29, 1.82) is 0 Å². The molecule has 0 saturated carbocycles. The van der Waals surface area contributed by atoms with Gasteiger partial charge in [0.2, 0.25) is 20.0 Å². The van der Waals surface area contributed by atoms with Gasteiger partial charge >= 0.3 is 0 Å². The van der Waals surface area contributed by atoms with Gasteiger partial charge in [0.25, 0.3) is 0 Å². The Morgan fingerprint density at radius 2 is 1.65 bits per heavy atom. The molecule has 1 fully saturated rings. The van der Waals surface area contributed by atoms with Crippen molar-refractivity contribution in [3.05, 3.63) is 59.6 Å². The third-order valence-electron chi connectivity index (χ3n) is 5.04. The van der Waals surface area contributed by atoms with Gasteiger partial charge in [0.05, 0.1) is 34.8 Å². The lowest BCUT2D eigenvalue weighted by molar-refractivity contribution is -0.0869. The van der Waals surface area contributed by atoms with E-state index < -0.39 is 32.2 Å². The molecule has 0 aromatic heterocycles. The first-order valence-electron chi connectivity index (χ1n) is 9.81. The van der Waals surface area contributed by atoms with Crippen LogP contribution < -0.4 is 9.44 Å². The second kappa shape index (κ2) is 10.4. The number of hydrogen-bond acceptors (Lipinski definition) is 6. The predicted molar refractivity (Wildman–Crippen MR) is 117 cm³/mol. The number of aliphatic hydroxyl groups excluding tert-OH is 1. The lowest BCUT2D eigenvalue weighted by Gasteiger charge is -2.36. The van der Waals surface area contributed by atoms with Crippen molar-refractivity contribution in [3.63, 3.8) is 0 Å². The molecule has 8 nitrogen and oxygen atoms in total. The van der Waals surface area contributed by atoms with Gasteiger partial charge in [-0.1, -0.05) is 41.9 Å². The van der Waals surface area contributed by atoms with Crippen LogP contribution in [0.1, 0.15) is 19.3 Å². The molecular formula is C20H25ClN2O6S2. The zero-order valence-corrected chi connectivity index (χ0v) is 19.0. The summed E-state index contributed by atoms with van der Waals surface area (Å²) in [7, 11) is -7.49. The van der Waals surface area contributed by atoms with Crippen LogP contribution in [0.2, 0.25) is 5.02 Å². The van der Waals surface area contributed by atoms with E-state index in [-0.39, 0.29) is 34.1 Å². The smallest absolute Gasteiger partial charge is 0.242 e. The molecular weight excluding hydrogens is 464 g/mol. The van der Waals surface area contributed by atoms with Crippen LogP contribution in [0.5, 0.6) is 0 Å². The lowest BCUT2D eigenvalue weighted by Crippen LogP contribution is -2.51. The van der Waals surface area contributed by atoms with Crippen molar-refractivity contribution in [3.8, 4) is 0 Å².